The maximum absolute atomic E-state index is 13.5. The molecule has 2 heterocycles. The van der Waals surface area contributed by atoms with Crippen molar-refractivity contribution in [3.8, 4) is 0 Å². The van der Waals surface area contributed by atoms with Gasteiger partial charge in [-0.25, -0.2) is 0 Å². The summed E-state index contributed by atoms with van der Waals surface area (Å²) in [5, 5.41) is 0. The Hall–Kier alpha value is -3.34. The van der Waals surface area contributed by atoms with E-state index in [9.17, 15) is 9.59 Å². The smallest absolute Gasteiger partial charge is 0.232 e. The molecule has 2 amide bonds. The third kappa shape index (κ3) is 4.40. The molecule has 1 fully saturated rings. The Morgan fingerprint density at radius 3 is 2.52 bits per heavy atom. The average Bonchev–Trinajstić information content (AvgIpc) is 3.38. The van der Waals surface area contributed by atoms with E-state index in [1.807, 2.05) is 67.6 Å². The molecule has 0 N–H and O–H groups in total. The zero-order valence-corrected chi connectivity index (χ0v) is 16.5. The van der Waals surface area contributed by atoms with E-state index in [2.05, 4.69) is 0 Å². The van der Waals surface area contributed by atoms with Gasteiger partial charge in [0.2, 0.25) is 11.8 Å². The number of amides is 2. The molecular formula is C24H24N2O3. The van der Waals surface area contributed by atoms with E-state index >= 15 is 0 Å². The van der Waals surface area contributed by atoms with Gasteiger partial charge in [0.05, 0.1) is 25.3 Å². The Balaban J connectivity index is 1.54. The predicted octanol–water partition coefficient (Wildman–Crippen LogP) is 4.17. The summed E-state index contributed by atoms with van der Waals surface area (Å²) in [5.41, 5.74) is 3.04. The minimum Gasteiger partial charge on any atom is -0.467 e. The lowest BCUT2D eigenvalue weighted by Gasteiger charge is -2.26. The summed E-state index contributed by atoms with van der Waals surface area (Å²) in [6.07, 6.45) is 1.83. The van der Waals surface area contributed by atoms with Crippen molar-refractivity contribution in [1.82, 2.24) is 4.90 Å². The topological polar surface area (TPSA) is 53.8 Å². The first-order valence-corrected chi connectivity index (χ1v) is 9.82. The molecule has 4 rings (SSSR count). The van der Waals surface area contributed by atoms with Crippen molar-refractivity contribution in [2.45, 2.75) is 26.4 Å². The predicted molar refractivity (Wildman–Crippen MR) is 111 cm³/mol. The lowest BCUT2D eigenvalue weighted by molar-refractivity contribution is -0.129. The van der Waals surface area contributed by atoms with Crippen molar-refractivity contribution in [1.29, 1.82) is 0 Å². The van der Waals surface area contributed by atoms with Gasteiger partial charge in [0.15, 0.2) is 0 Å². The van der Waals surface area contributed by atoms with Crippen LogP contribution in [0, 0.1) is 12.8 Å². The van der Waals surface area contributed by atoms with Gasteiger partial charge in [-0.05, 0) is 36.8 Å². The molecule has 148 valence electrons. The zero-order chi connectivity index (χ0) is 20.2. The maximum atomic E-state index is 13.5. The summed E-state index contributed by atoms with van der Waals surface area (Å²) in [6.45, 7) is 3.31. The number of likely N-dealkylation sites (tertiary alicyclic amines) is 1. The number of rotatable bonds is 6. The van der Waals surface area contributed by atoms with Crippen LogP contribution in [-0.2, 0) is 22.7 Å². The molecule has 0 unspecified atom stereocenters. The lowest BCUT2D eigenvalue weighted by Crippen LogP contribution is -2.37. The Kier molecular flexibility index (Phi) is 5.47. The van der Waals surface area contributed by atoms with Crippen molar-refractivity contribution < 1.29 is 14.0 Å². The third-order valence-corrected chi connectivity index (χ3v) is 5.29. The molecule has 29 heavy (non-hydrogen) atoms. The minimum absolute atomic E-state index is 0.0108. The van der Waals surface area contributed by atoms with Crippen LogP contribution in [0.2, 0.25) is 0 Å². The van der Waals surface area contributed by atoms with E-state index in [1.54, 1.807) is 22.1 Å². The standard InChI is InChI=1S/C24H24N2O3/c1-18-9-11-21(12-10-18)26(15-19-6-3-2-4-7-19)24(28)20-14-23(27)25(16-20)17-22-8-5-13-29-22/h2-13,20H,14-17H2,1H3/t20-/m1/s1. The van der Waals surface area contributed by atoms with Gasteiger partial charge >= 0.3 is 0 Å². The molecule has 1 saturated heterocycles. The second-order valence-corrected chi connectivity index (χ2v) is 7.50. The molecule has 0 radical (unpaired) electrons. The van der Waals surface area contributed by atoms with E-state index < -0.39 is 0 Å². The first kappa shape index (κ1) is 19.0. The highest BCUT2D eigenvalue weighted by atomic mass is 16.3. The highest BCUT2D eigenvalue weighted by Crippen LogP contribution is 2.27. The summed E-state index contributed by atoms with van der Waals surface area (Å²) in [7, 11) is 0. The average molecular weight is 388 g/mol. The number of furan rings is 1. The SMILES string of the molecule is Cc1ccc(N(Cc2ccccc2)C(=O)[C@@H]2CC(=O)N(Cc3ccco3)C2)cc1. The fraction of sp³-hybridized carbons (Fsp3) is 0.250. The molecule has 0 saturated carbocycles. The van der Waals surface area contributed by atoms with Crippen molar-refractivity contribution in [3.63, 3.8) is 0 Å². The van der Waals surface area contributed by atoms with Crippen LogP contribution in [0.15, 0.2) is 77.4 Å². The van der Waals surface area contributed by atoms with Gasteiger partial charge in [0.25, 0.3) is 0 Å². The Labute approximate surface area is 170 Å². The van der Waals surface area contributed by atoms with E-state index in [0.29, 0.717) is 19.6 Å². The van der Waals surface area contributed by atoms with Crippen molar-refractivity contribution in [2.75, 3.05) is 11.4 Å². The van der Waals surface area contributed by atoms with E-state index in [4.69, 9.17) is 4.42 Å². The highest BCUT2D eigenvalue weighted by Gasteiger charge is 2.37. The van der Waals surface area contributed by atoms with Crippen LogP contribution >= 0.6 is 0 Å². The number of anilines is 1. The number of aryl methyl sites for hydroxylation is 1. The van der Waals surface area contributed by atoms with Gasteiger partial charge in [-0.3, -0.25) is 9.59 Å². The molecule has 0 bridgehead atoms. The van der Waals surface area contributed by atoms with E-state index in [1.165, 1.54) is 0 Å². The van der Waals surface area contributed by atoms with Gasteiger partial charge in [-0.15, -0.1) is 0 Å². The summed E-state index contributed by atoms with van der Waals surface area (Å²) in [4.78, 5) is 29.4. The molecule has 2 aromatic carbocycles. The van der Waals surface area contributed by atoms with E-state index in [-0.39, 0.29) is 24.2 Å². The van der Waals surface area contributed by atoms with Crippen LogP contribution in [0.25, 0.3) is 0 Å². The molecule has 0 aliphatic carbocycles. The van der Waals surface area contributed by atoms with Gasteiger partial charge in [-0.1, -0.05) is 48.0 Å². The molecule has 0 spiro atoms. The van der Waals surface area contributed by atoms with Gasteiger partial charge in [0.1, 0.15) is 5.76 Å². The quantitative estimate of drug-likeness (QED) is 0.637. The zero-order valence-electron chi connectivity index (χ0n) is 16.5. The third-order valence-electron chi connectivity index (χ3n) is 5.29. The minimum atomic E-state index is -0.359. The van der Waals surface area contributed by atoms with Crippen LogP contribution in [0.1, 0.15) is 23.3 Å². The highest BCUT2D eigenvalue weighted by molar-refractivity contribution is 5.99. The van der Waals surface area contributed by atoms with Crippen molar-refractivity contribution in [3.05, 3.63) is 89.9 Å². The molecule has 5 heteroatoms. The molecule has 5 nitrogen and oxygen atoms in total. The number of benzene rings is 2. The van der Waals surface area contributed by atoms with Crippen LogP contribution in [0.3, 0.4) is 0 Å². The molecule has 1 aliphatic heterocycles. The second kappa shape index (κ2) is 8.35. The van der Waals surface area contributed by atoms with Crippen LogP contribution < -0.4 is 4.90 Å². The Morgan fingerprint density at radius 2 is 1.83 bits per heavy atom. The molecule has 1 aromatic heterocycles. The largest absolute Gasteiger partial charge is 0.467 e. The lowest BCUT2D eigenvalue weighted by atomic mass is 10.1. The monoisotopic (exact) mass is 388 g/mol. The summed E-state index contributed by atoms with van der Waals surface area (Å²) >= 11 is 0. The van der Waals surface area contributed by atoms with Crippen LogP contribution in [0.4, 0.5) is 5.69 Å². The summed E-state index contributed by atoms with van der Waals surface area (Å²) in [5.74, 6) is 0.338. The number of hydrogen-bond acceptors (Lipinski definition) is 3. The van der Waals surface area contributed by atoms with Crippen molar-refractivity contribution >= 4 is 17.5 Å². The first-order chi connectivity index (χ1) is 14.1. The van der Waals surface area contributed by atoms with Gasteiger partial charge in [-0.2, -0.15) is 0 Å². The second-order valence-electron chi connectivity index (χ2n) is 7.50. The van der Waals surface area contributed by atoms with Crippen molar-refractivity contribution in [2.24, 2.45) is 5.92 Å². The summed E-state index contributed by atoms with van der Waals surface area (Å²) in [6, 6.07) is 21.5. The van der Waals surface area contributed by atoms with Gasteiger partial charge in [0, 0.05) is 18.7 Å². The molecule has 1 aliphatic rings. The number of carbonyl (C=O) groups is 2. The normalized spacial score (nSPS) is 16.2. The summed E-state index contributed by atoms with van der Waals surface area (Å²) < 4.78 is 5.36. The Morgan fingerprint density at radius 1 is 1.07 bits per heavy atom. The van der Waals surface area contributed by atoms with Gasteiger partial charge < -0.3 is 14.2 Å². The number of carbonyl (C=O) groups excluding carboxylic acids is 2. The molecular weight excluding hydrogens is 364 g/mol. The van der Waals surface area contributed by atoms with Crippen LogP contribution in [0.5, 0.6) is 0 Å². The molecule has 3 aromatic rings. The first-order valence-electron chi connectivity index (χ1n) is 9.82. The van der Waals surface area contributed by atoms with Crippen LogP contribution in [-0.4, -0.2) is 23.3 Å². The number of hydrogen-bond donors (Lipinski definition) is 0. The number of nitrogens with zero attached hydrogens (tertiary/aromatic N) is 2. The maximum Gasteiger partial charge on any atom is 0.232 e. The fourth-order valence-corrected chi connectivity index (χ4v) is 3.69. The fourth-order valence-electron chi connectivity index (χ4n) is 3.69. The Bertz CT molecular complexity index is 965. The molecule has 1 atom stereocenters. The van der Waals surface area contributed by atoms with E-state index in [0.717, 1.165) is 22.6 Å².